The summed E-state index contributed by atoms with van der Waals surface area (Å²) >= 11 is 0. The number of cyclic esters (lactones) is 1. The van der Waals surface area contributed by atoms with Crippen LogP contribution in [0.2, 0.25) is 0 Å². The summed E-state index contributed by atoms with van der Waals surface area (Å²) in [4.78, 5) is 13.0. The number of carbonyl (C=O) groups excluding carboxylic acids is 1. The second kappa shape index (κ2) is 5.05. The minimum atomic E-state index is -0.300. The molecule has 0 saturated carbocycles. The number of nitrogens with zero attached hydrogens (tertiary/aromatic N) is 1. The molecule has 1 unspecified atom stereocenters. The van der Waals surface area contributed by atoms with E-state index in [1.165, 1.54) is 0 Å². The largest absolute Gasteiger partial charge is 0.508 e. The van der Waals surface area contributed by atoms with Crippen LogP contribution in [0.15, 0.2) is 24.3 Å². The zero-order valence-corrected chi connectivity index (χ0v) is 9.50. The number of phenols is 1. The van der Waals surface area contributed by atoms with E-state index in [4.69, 9.17) is 10.5 Å². The van der Waals surface area contributed by atoms with Crippen LogP contribution >= 0.6 is 0 Å². The third-order valence-corrected chi connectivity index (χ3v) is 2.79. The molecule has 1 amide bonds. The van der Waals surface area contributed by atoms with Gasteiger partial charge in [0.2, 0.25) is 0 Å². The topological polar surface area (TPSA) is 75.8 Å². The van der Waals surface area contributed by atoms with Gasteiger partial charge in [0.1, 0.15) is 5.75 Å². The Hall–Kier alpha value is -1.75. The predicted molar refractivity (Wildman–Crippen MR) is 62.6 cm³/mol. The lowest BCUT2D eigenvalue weighted by molar-refractivity contribution is 0.0706. The monoisotopic (exact) mass is 236 g/mol. The number of hydrogen-bond donors (Lipinski definition) is 2. The first-order chi connectivity index (χ1) is 8.16. The van der Waals surface area contributed by atoms with Crippen molar-refractivity contribution in [1.29, 1.82) is 0 Å². The highest BCUT2D eigenvalue weighted by molar-refractivity contribution is 5.68. The van der Waals surface area contributed by atoms with Gasteiger partial charge in [-0.25, -0.2) is 4.79 Å². The minimum Gasteiger partial charge on any atom is -0.508 e. The Balaban J connectivity index is 1.98. The highest BCUT2D eigenvalue weighted by Crippen LogP contribution is 2.17. The average molecular weight is 236 g/mol. The van der Waals surface area contributed by atoms with Gasteiger partial charge in [0, 0.05) is 19.1 Å². The summed E-state index contributed by atoms with van der Waals surface area (Å²) in [6.45, 7) is 1.61. The fraction of sp³-hybridized carbons (Fsp3) is 0.417. The molecule has 1 atom stereocenters. The molecule has 2 rings (SSSR count). The molecule has 0 aromatic heterocycles. The molecular weight excluding hydrogens is 220 g/mol. The van der Waals surface area contributed by atoms with E-state index in [9.17, 15) is 9.90 Å². The van der Waals surface area contributed by atoms with Gasteiger partial charge >= 0.3 is 6.09 Å². The normalized spacial score (nSPS) is 17.7. The highest BCUT2D eigenvalue weighted by Gasteiger charge is 2.22. The zero-order chi connectivity index (χ0) is 12.3. The third-order valence-electron chi connectivity index (χ3n) is 2.79. The number of nitrogens with two attached hydrogens (primary N) is 1. The first-order valence-corrected chi connectivity index (χ1v) is 5.63. The summed E-state index contributed by atoms with van der Waals surface area (Å²) in [6.07, 6.45) is 0.541. The third kappa shape index (κ3) is 2.88. The minimum absolute atomic E-state index is 0.207. The van der Waals surface area contributed by atoms with Crippen molar-refractivity contribution in [2.75, 3.05) is 19.7 Å². The summed E-state index contributed by atoms with van der Waals surface area (Å²) in [5.41, 5.74) is 6.90. The number of carbonyl (C=O) groups is 1. The Morgan fingerprint density at radius 3 is 2.76 bits per heavy atom. The summed E-state index contributed by atoms with van der Waals surface area (Å²) in [7, 11) is 0. The first kappa shape index (κ1) is 11.7. The summed E-state index contributed by atoms with van der Waals surface area (Å²) < 4.78 is 4.94. The van der Waals surface area contributed by atoms with Gasteiger partial charge in [0.15, 0.2) is 0 Å². The molecule has 1 aromatic carbocycles. The second-order valence-corrected chi connectivity index (χ2v) is 4.11. The number of rotatable bonds is 3. The maximum absolute atomic E-state index is 11.4. The number of ether oxygens (including phenoxy) is 1. The molecule has 0 aliphatic carbocycles. The van der Waals surface area contributed by atoms with Crippen LogP contribution in [0.4, 0.5) is 4.79 Å². The Morgan fingerprint density at radius 2 is 2.12 bits per heavy atom. The van der Waals surface area contributed by atoms with Gasteiger partial charge in [-0.05, 0) is 24.1 Å². The maximum Gasteiger partial charge on any atom is 0.409 e. The number of phenolic OH excluding ortho intramolecular Hbond substituents is 1. The molecule has 1 saturated heterocycles. The van der Waals surface area contributed by atoms with Crippen LogP contribution in [0.3, 0.4) is 0 Å². The molecule has 0 radical (unpaired) electrons. The average Bonchev–Trinajstić information content (AvgIpc) is 2.33. The number of amides is 1. The number of benzene rings is 1. The van der Waals surface area contributed by atoms with Crippen molar-refractivity contribution in [3.05, 3.63) is 29.8 Å². The Kier molecular flexibility index (Phi) is 3.49. The van der Waals surface area contributed by atoms with Crippen LogP contribution in [0.5, 0.6) is 5.75 Å². The standard InChI is InChI=1S/C12H16N2O3/c13-11(9-2-4-10(15)5-3-9)8-14-6-1-7-17-12(14)16/h2-5,11,15H,1,6-8,13H2. The van der Waals surface area contributed by atoms with Crippen LogP contribution in [-0.2, 0) is 4.74 Å². The van der Waals surface area contributed by atoms with Gasteiger partial charge in [-0.3, -0.25) is 0 Å². The van der Waals surface area contributed by atoms with Crippen molar-refractivity contribution in [2.45, 2.75) is 12.5 Å². The molecule has 1 aliphatic rings. The van der Waals surface area contributed by atoms with Gasteiger partial charge in [0.05, 0.1) is 6.61 Å². The molecule has 1 aliphatic heterocycles. The van der Waals surface area contributed by atoms with Gasteiger partial charge in [-0.2, -0.15) is 0 Å². The fourth-order valence-electron chi connectivity index (χ4n) is 1.83. The van der Waals surface area contributed by atoms with Crippen LogP contribution < -0.4 is 5.73 Å². The molecule has 17 heavy (non-hydrogen) atoms. The molecule has 0 spiro atoms. The molecule has 0 bridgehead atoms. The lowest BCUT2D eigenvalue weighted by Crippen LogP contribution is -2.41. The maximum atomic E-state index is 11.4. The van der Waals surface area contributed by atoms with Crippen molar-refractivity contribution in [3.63, 3.8) is 0 Å². The quantitative estimate of drug-likeness (QED) is 0.827. The van der Waals surface area contributed by atoms with Gasteiger partial charge in [-0.15, -0.1) is 0 Å². The Bertz CT molecular complexity index is 391. The van der Waals surface area contributed by atoms with E-state index in [-0.39, 0.29) is 17.9 Å². The molecule has 1 fully saturated rings. The lowest BCUT2D eigenvalue weighted by atomic mass is 10.1. The number of hydrogen-bond acceptors (Lipinski definition) is 4. The number of aromatic hydroxyl groups is 1. The highest BCUT2D eigenvalue weighted by atomic mass is 16.6. The molecule has 1 heterocycles. The summed E-state index contributed by atoms with van der Waals surface area (Å²) in [5, 5.41) is 9.18. The molecule has 5 heteroatoms. The molecule has 5 nitrogen and oxygen atoms in total. The van der Waals surface area contributed by atoms with E-state index in [1.54, 1.807) is 29.2 Å². The first-order valence-electron chi connectivity index (χ1n) is 5.63. The van der Waals surface area contributed by atoms with Gasteiger partial charge in [0.25, 0.3) is 0 Å². The summed E-state index contributed by atoms with van der Waals surface area (Å²) in [6, 6.07) is 6.43. The van der Waals surface area contributed by atoms with E-state index in [0.29, 0.717) is 19.7 Å². The predicted octanol–water partition coefficient (Wildman–Crippen LogP) is 1.23. The van der Waals surface area contributed by atoms with Gasteiger partial charge in [-0.1, -0.05) is 12.1 Å². The zero-order valence-electron chi connectivity index (χ0n) is 9.50. The van der Waals surface area contributed by atoms with Crippen molar-refractivity contribution < 1.29 is 14.6 Å². The van der Waals surface area contributed by atoms with Crippen LogP contribution in [0, 0.1) is 0 Å². The van der Waals surface area contributed by atoms with Crippen molar-refractivity contribution in [3.8, 4) is 5.75 Å². The fourth-order valence-corrected chi connectivity index (χ4v) is 1.83. The van der Waals surface area contributed by atoms with E-state index in [1.807, 2.05) is 0 Å². The van der Waals surface area contributed by atoms with Crippen molar-refractivity contribution >= 4 is 6.09 Å². The van der Waals surface area contributed by atoms with E-state index < -0.39 is 0 Å². The van der Waals surface area contributed by atoms with Crippen LogP contribution in [-0.4, -0.2) is 35.8 Å². The van der Waals surface area contributed by atoms with Crippen molar-refractivity contribution in [1.82, 2.24) is 4.90 Å². The second-order valence-electron chi connectivity index (χ2n) is 4.11. The van der Waals surface area contributed by atoms with E-state index in [0.717, 1.165) is 12.0 Å². The smallest absolute Gasteiger partial charge is 0.409 e. The van der Waals surface area contributed by atoms with Gasteiger partial charge < -0.3 is 20.5 Å². The molecular formula is C12H16N2O3. The SMILES string of the molecule is NC(CN1CCCOC1=O)c1ccc(O)cc1. The van der Waals surface area contributed by atoms with Crippen LogP contribution in [0.1, 0.15) is 18.0 Å². The Morgan fingerprint density at radius 1 is 1.41 bits per heavy atom. The van der Waals surface area contributed by atoms with Crippen LogP contribution in [0.25, 0.3) is 0 Å². The lowest BCUT2D eigenvalue weighted by Gasteiger charge is -2.28. The Labute approximate surface area is 99.8 Å². The molecule has 3 N–H and O–H groups in total. The molecule has 1 aromatic rings. The summed E-state index contributed by atoms with van der Waals surface area (Å²) in [5.74, 6) is 0.207. The van der Waals surface area contributed by atoms with E-state index in [2.05, 4.69) is 0 Å². The molecule has 92 valence electrons. The van der Waals surface area contributed by atoms with Crippen molar-refractivity contribution in [2.24, 2.45) is 5.73 Å². The van der Waals surface area contributed by atoms with E-state index >= 15 is 0 Å².